The number of allylic oxidation sites excluding steroid dienone is 1. The van der Waals surface area contributed by atoms with E-state index in [0.29, 0.717) is 26.2 Å². The predicted molar refractivity (Wildman–Crippen MR) is 122 cm³/mol. The molecule has 1 aromatic carbocycles. The molecule has 0 radical (unpaired) electrons. The fourth-order valence-electron chi connectivity index (χ4n) is 3.35. The lowest BCUT2D eigenvalue weighted by Crippen LogP contribution is -2.39. The first-order valence-corrected chi connectivity index (χ1v) is 11.2. The van der Waals surface area contributed by atoms with Crippen molar-refractivity contribution in [3.63, 3.8) is 0 Å². The van der Waals surface area contributed by atoms with Crippen LogP contribution in [-0.2, 0) is 9.53 Å². The third-order valence-corrected chi connectivity index (χ3v) is 6.70. The van der Waals surface area contributed by atoms with E-state index in [1.165, 1.54) is 45.4 Å². The Morgan fingerprint density at radius 3 is 2.72 bits per heavy atom. The lowest BCUT2D eigenvalue weighted by atomic mass is 10.0. The third-order valence-electron chi connectivity index (χ3n) is 4.79. The molecule has 1 aliphatic heterocycles. The molecular weight excluding hydrogens is 450 g/mol. The molecule has 2 aromatic heterocycles. The van der Waals surface area contributed by atoms with Crippen molar-refractivity contribution in [1.29, 1.82) is 0 Å². The highest BCUT2D eigenvalue weighted by molar-refractivity contribution is 7.10. The molecule has 3 aromatic rings. The van der Waals surface area contributed by atoms with Crippen molar-refractivity contribution in [2.75, 3.05) is 6.61 Å². The van der Waals surface area contributed by atoms with Crippen molar-refractivity contribution in [3.05, 3.63) is 106 Å². The smallest absolute Gasteiger partial charge is 0.338 e. The van der Waals surface area contributed by atoms with Crippen molar-refractivity contribution in [1.82, 2.24) is 4.57 Å². The summed E-state index contributed by atoms with van der Waals surface area (Å²) < 4.78 is 7.19. The molecule has 0 unspecified atom stereocenters. The van der Waals surface area contributed by atoms with Crippen LogP contribution in [0.4, 0.5) is 5.69 Å². The number of hydrogen-bond acceptors (Lipinski definition) is 8. The molecule has 32 heavy (non-hydrogen) atoms. The number of thiazole rings is 1. The van der Waals surface area contributed by atoms with Crippen LogP contribution in [0.15, 0.2) is 75.5 Å². The van der Waals surface area contributed by atoms with Gasteiger partial charge in [-0.25, -0.2) is 9.79 Å². The highest BCUT2D eigenvalue weighted by Crippen LogP contribution is 2.33. The molecule has 0 saturated carbocycles. The number of non-ortho nitro benzene ring substituents is 1. The van der Waals surface area contributed by atoms with Gasteiger partial charge in [0.2, 0.25) is 0 Å². The van der Waals surface area contributed by atoms with Crippen molar-refractivity contribution in [2.45, 2.75) is 13.0 Å². The van der Waals surface area contributed by atoms with E-state index < -0.39 is 16.9 Å². The molecule has 1 aliphatic rings. The average Bonchev–Trinajstić information content (AvgIpc) is 3.40. The summed E-state index contributed by atoms with van der Waals surface area (Å²) in [5.74, 6) is -0.547. The number of ether oxygens (including phenoxy) is 1. The third kappa shape index (κ3) is 3.97. The summed E-state index contributed by atoms with van der Waals surface area (Å²) in [6, 6.07) is 9.00. The van der Waals surface area contributed by atoms with Crippen LogP contribution >= 0.6 is 22.7 Å². The first-order valence-electron chi connectivity index (χ1n) is 9.49. The van der Waals surface area contributed by atoms with Crippen LogP contribution in [0.3, 0.4) is 0 Å². The number of esters is 1. The molecule has 0 spiro atoms. The van der Waals surface area contributed by atoms with Crippen LogP contribution in [-0.4, -0.2) is 22.1 Å². The highest BCUT2D eigenvalue weighted by atomic mass is 32.1. The molecule has 10 heteroatoms. The number of nitro groups is 1. The Morgan fingerprint density at radius 1 is 1.34 bits per heavy atom. The van der Waals surface area contributed by atoms with Crippen LogP contribution in [0, 0.1) is 10.1 Å². The van der Waals surface area contributed by atoms with E-state index in [-0.39, 0.29) is 17.9 Å². The summed E-state index contributed by atoms with van der Waals surface area (Å²) in [5.41, 5.74) is 1.12. The van der Waals surface area contributed by atoms with Gasteiger partial charge in [-0.15, -0.1) is 11.3 Å². The van der Waals surface area contributed by atoms with E-state index in [1.54, 1.807) is 25.1 Å². The van der Waals surface area contributed by atoms with Gasteiger partial charge in [-0.05, 0) is 42.1 Å². The van der Waals surface area contributed by atoms with Crippen molar-refractivity contribution >= 4 is 40.4 Å². The molecule has 8 nitrogen and oxygen atoms in total. The molecule has 0 saturated heterocycles. The SMILES string of the molecule is C=CCOC(=O)C1=C(C)N=c2s/c(=C\c3ccc([N+](=O)[O-])cc3)c(=O)n2[C@H]1c1cccs1. The van der Waals surface area contributed by atoms with E-state index in [2.05, 4.69) is 11.6 Å². The minimum Gasteiger partial charge on any atom is -0.458 e. The van der Waals surface area contributed by atoms with E-state index in [1.807, 2.05) is 17.5 Å². The maximum Gasteiger partial charge on any atom is 0.338 e. The number of thiophene rings is 1. The molecule has 0 aliphatic carbocycles. The molecule has 0 bridgehead atoms. The number of benzene rings is 1. The van der Waals surface area contributed by atoms with Gasteiger partial charge < -0.3 is 4.74 Å². The Balaban J connectivity index is 1.86. The van der Waals surface area contributed by atoms with Crippen molar-refractivity contribution in [3.8, 4) is 0 Å². The van der Waals surface area contributed by atoms with Gasteiger partial charge >= 0.3 is 5.97 Å². The van der Waals surface area contributed by atoms with Crippen LogP contribution < -0.4 is 14.9 Å². The van der Waals surface area contributed by atoms with E-state index in [4.69, 9.17) is 4.74 Å². The fourth-order valence-corrected chi connectivity index (χ4v) is 5.22. The minimum absolute atomic E-state index is 0.0281. The van der Waals surface area contributed by atoms with Gasteiger partial charge in [0.15, 0.2) is 4.80 Å². The summed E-state index contributed by atoms with van der Waals surface area (Å²) in [7, 11) is 0. The number of rotatable bonds is 6. The Kier molecular flexibility index (Phi) is 5.97. The van der Waals surface area contributed by atoms with Gasteiger partial charge in [0, 0.05) is 17.0 Å². The zero-order valence-corrected chi connectivity index (χ0v) is 18.5. The van der Waals surface area contributed by atoms with Crippen molar-refractivity contribution < 1.29 is 14.5 Å². The molecule has 4 rings (SSSR count). The number of nitro benzene ring substituents is 1. The maximum atomic E-state index is 13.4. The van der Waals surface area contributed by atoms with Gasteiger partial charge in [-0.3, -0.25) is 19.5 Å². The molecular formula is C22H17N3O5S2. The number of aromatic nitrogens is 1. The summed E-state index contributed by atoms with van der Waals surface area (Å²) in [5, 5.41) is 12.8. The zero-order chi connectivity index (χ0) is 22.8. The lowest BCUT2D eigenvalue weighted by Gasteiger charge is -2.23. The van der Waals surface area contributed by atoms with Crippen LogP contribution in [0.25, 0.3) is 6.08 Å². The number of carbonyl (C=O) groups is 1. The Morgan fingerprint density at radius 2 is 2.09 bits per heavy atom. The highest BCUT2D eigenvalue weighted by Gasteiger charge is 2.33. The average molecular weight is 468 g/mol. The van der Waals surface area contributed by atoms with E-state index in [0.717, 1.165) is 4.88 Å². The van der Waals surface area contributed by atoms with Gasteiger partial charge in [-0.2, -0.15) is 0 Å². The number of carbonyl (C=O) groups excluding carboxylic acids is 1. The standard InChI is InChI=1S/C22H17N3O5S2/c1-3-10-30-21(27)18-13(2)23-22-24(19(18)16-5-4-11-31-16)20(26)17(32-22)12-14-6-8-15(9-7-14)25(28)29/h3-9,11-12,19H,1,10H2,2H3/b17-12-/t19-/m0/s1. The normalized spacial score (nSPS) is 15.8. The number of nitrogens with zero attached hydrogens (tertiary/aromatic N) is 3. The fraction of sp³-hybridized carbons (Fsp3) is 0.136. The second-order valence-electron chi connectivity index (χ2n) is 6.83. The second-order valence-corrected chi connectivity index (χ2v) is 8.82. The van der Waals surface area contributed by atoms with Gasteiger partial charge in [0.25, 0.3) is 11.2 Å². The van der Waals surface area contributed by atoms with Gasteiger partial charge in [0.05, 0.1) is 20.7 Å². The van der Waals surface area contributed by atoms with Crippen molar-refractivity contribution in [2.24, 2.45) is 4.99 Å². The molecule has 1 atom stereocenters. The first-order chi connectivity index (χ1) is 15.4. The molecule has 0 amide bonds. The molecule has 3 heterocycles. The lowest BCUT2D eigenvalue weighted by molar-refractivity contribution is -0.384. The summed E-state index contributed by atoms with van der Waals surface area (Å²) >= 11 is 2.63. The first kappa shape index (κ1) is 21.6. The predicted octanol–water partition coefficient (Wildman–Crippen LogP) is 2.93. The Hall–Kier alpha value is -3.63. The van der Waals surface area contributed by atoms with Crippen LogP contribution in [0.5, 0.6) is 0 Å². The Bertz CT molecular complexity index is 1410. The number of fused-ring (bicyclic) bond motifs is 1. The second kappa shape index (κ2) is 8.85. The Labute approximate surface area is 189 Å². The van der Waals surface area contributed by atoms with Crippen LogP contribution in [0.1, 0.15) is 23.4 Å². The quantitative estimate of drug-likeness (QED) is 0.240. The van der Waals surface area contributed by atoms with E-state index in [9.17, 15) is 19.7 Å². The zero-order valence-electron chi connectivity index (χ0n) is 16.9. The minimum atomic E-state index is -0.650. The summed E-state index contributed by atoms with van der Waals surface area (Å²) in [6.07, 6.45) is 3.14. The molecule has 0 fully saturated rings. The monoisotopic (exact) mass is 467 g/mol. The molecule has 0 N–H and O–H groups in total. The number of hydrogen-bond donors (Lipinski definition) is 0. The van der Waals surface area contributed by atoms with E-state index >= 15 is 0 Å². The summed E-state index contributed by atoms with van der Waals surface area (Å²) in [6.45, 7) is 5.34. The summed E-state index contributed by atoms with van der Waals surface area (Å²) in [4.78, 5) is 42.4. The molecule has 162 valence electrons. The topological polar surface area (TPSA) is 104 Å². The van der Waals surface area contributed by atoms with Gasteiger partial charge in [0.1, 0.15) is 12.6 Å². The van der Waals surface area contributed by atoms with Gasteiger partial charge in [-0.1, -0.05) is 30.1 Å². The largest absolute Gasteiger partial charge is 0.458 e. The maximum absolute atomic E-state index is 13.4. The van der Waals surface area contributed by atoms with Crippen LogP contribution in [0.2, 0.25) is 0 Å².